The van der Waals surface area contributed by atoms with E-state index < -0.39 is 0 Å². The fourth-order valence-electron chi connectivity index (χ4n) is 5.09. The third kappa shape index (κ3) is 3.45. The summed E-state index contributed by atoms with van der Waals surface area (Å²) in [6.07, 6.45) is 6.02. The second-order valence-electron chi connectivity index (χ2n) is 8.86. The van der Waals surface area contributed by atoms with Crippen LogP contribution in [0.5, 0.6) is 0 Å². The van der Waals surface area contributed by atoms with Crippen LogP contribution in [-0.2, 0) is 11.2 Å². The lowest BCUT2D eigenvalue weighted by molar-refractivity contribution is -0.122. The summed E-state index contributed by atoms with van der Waals surface area (Å²) in [6.45, 7) is 6.86. The molecule has 0 saturated carbocycles. The van der Waals surface area contributed by atoms with Crippen LogP contribution in [0.25, 0.3) is 10.9 Å². The molecule has 2 aromatic carbocycles. The normalized spacial score (nSPS) is 19.1. The highest BCUT2D eigenvalue weighted by atomic mass is 16.2. The standard InChI is InChI=1S/C26H29N3O/c1-18-8-10-24-20(15-18)5-4-14-29(24)26(30)21-6-3-13-28(17-21)25-11-12-27-23-9-7-19(2)16-22(23)25/h7-12,15-16,21H,3-6,13-14,17H2,1-2H3. The second kappa shape index (κ2) is 7.75. The smallest absolute Gasteiger partial charge is 0.231 e. The number of pyridine rings is 1. The van der Waals surface area contributed by atoms with Gasteiger partial charge < -0.3 is 9.80 Å². The Morgan fingerprint density at radius 1 is 0.967 bits per heavy atom. The molecule has 2 aliphatic rings. The molecule has 1 aromatic heterocycles. The molecule has 3 aromatic rings. The molecule has 1 saturated heterocycles. The van der Waals surface area contributed by atoms with Gasteiger partial charge in [-0.2, -0.15) is 0 Å². The van der Waals surface area contributed by atoms with Crippen molar-refractivity contribution in [2.24, 2.45) is 5.92 Å². The Morgan fingerprint density at radius 2 is 1.80 bits per heavy atom. The number of amides is 1. The number of hydrogen-bond acceptors (Lipinski definition) is 3. The third-order valence-corrected chi connectivity index (χ3v) is 6.61. The Hall–Kier alpha value is -2.88. The minimum Gasteiger partial charge on any atom is -0.370 e. The summed E-state index contributed by atoms with van der Waals surface area (Å²) >= 11 is 0. The maximum Gasteiger partial charge on any atom is 0.231 e. The molecule has 1 atom stereocenters. The molecule has 3 heterocycles. The number of benzene rings is 2. The van der Waals surface area contributed by atoms with Gasteiger partial charge in [0.2, 0.25) is 5.91 Å². The number of aryl methyl sites for hydroxylation is 3. The first-order valence-electron chi connectivity index (χ1n) is 11.1. The van der Waals surface area contributed by atoms with E-state index in [2.05, 4.69) is 71.1 Å². The molecule has 4 nitrogen and oxygen atoms in total. The van der Waals surface area contributed by atoms with Crippen molar-refractivity contribution in [1.82, 2.24) is 4.98 Å². The van der Waals surface area contributed by atoms with Crippen molar-refractivity contribution >= 4 is 28.2 Å². The van der Waals surface area contributed by atoms with Crippen LogP contribution in [-0.4, -0.2) is 30.5 Å². The number of hydrogen-bond donors (Lipinski definition) is 0. The summed E-state index contributed by atoms with van der Waals surface area (Å²) in [6, 6.07) is 15.0. The summed E-state index contributed by atoms with van der Waals surface area (Å²) in [4.78, 5) is 22.6. The maximum atomic E-state index is 13.6. The Morgan fingerprint density at radius 3 is 2.70 bits per heavy atom. The second-order valence-corrected chi connectivity index (χ2v) is 8.86. The van der Waals surface area contributed by atoms with Crippen molar-refractivity contribution in [3.63, 3.8) is 0 Å². The Labute approximate surface area is 178 Å². The third-order valence-electron chi connectivity index (χ3n) is 6.61. The highest BCUT2D eigenvalue weighted by Crippen LogP contribution is 2.33. The number of anilines is 2. The molecular formula is C26H29N3O. The van der Waals surface area contributed by atoms with Gasteiger partial charge in [0.15, 0.2) is 0 Å². The van der Waals surface area contributed by atoms with E-state index in [1.807, 2.05) is 6.20 Å². The molecule has 0 aliphatic carbocycles. The zero-order valence-corrected chi connectivity index (χ0v) is 17.9. The van der Waals surface area contributed by atoms with Crippen molar-refractivity contribution < 1.29 is 4.79 Å². The van der Waals surface area contributed by atoms with Crippen LogP contribution in [0.4, 0.5) is 11.4 Å². The fourth-order valence-corrected chi connectivity index (χ4v) is 5.09. The number of carbonyl (C=O) groups excluding carboxylic acids is 1. The van der Waals surface area contributed by atoms with Gasteiger partial charge in [-0.05, 0) is 69.4 Å². The molecule has 1 unspecified atom stereocenters. The maximum absolute atomic E-state index is 13.6. The van der Waals surface area contributed by atoms with Crippen molar-refractivity contribution in [1.29, 1.82) is 0 Å². The molecule has 1 amide bonds. The van der Waals surface area contributed by atoms with Gasteiger partial charge in [-0.15, -0.1) is 0 Å². The van der Waals surface area contributed by atoms with Gasteiger partial charge in [-0.1, -0.05) is 29.3 Å². The predicted octanol–water partition coefficient (Wildman–Crippen LogP) is 5.05. The average molecular weight is 400 g/mol. The lowest BCUT2D eigenvalue weighted by atomic mass is 9.93. The highest BCUT2D eigenvalue weighted by Gasteiger charge is 2.32. The van der Waals surface area contributed by atoms with E-state index >= 15 is 0 Å². The van der Waals surface area contributed by atoms with Crippen LogP contribution in [0.2, 0.25) is 0 Å². The molecule has 0 radical (unpaired) electrons. The number of piperidine rings is 1. The van der Waals surface area contributed by atoms with Gasteiger partial charge in [-0.25, -0.2) is 0 Å². The van der Waals surface area contributed by atoms with Gasteiger partial charge in [0.1, 0.15) is 0 Å². The van der Waals surface area contributed by atoms with E-state index in [0.717, 1.165) is 56.5 Å². The number of carbonyl (C=O) groups is 1. The van der Waals surface area contributed by atoms with Crippen LogP contribution in [0.15, 0.2) is 48.7 Å². The largest absolute Gasteiger partial charge is 0.370 e. The van der Waals surface area contributed by atoms with Crippen LogP contribution < -0.4 is 9.80 Å². The fraction of sp³-hybridized carbons (Fsp3) is 0.385. The molecule has 2 aliphatic heterocycles. The minimum atomic E-state index is 0.0408. The lowest BCUT2D eigenvalue weighted by Crippen LogP contribution is -2.46. The lowest BCUT2D eigenvalue weighted by Gasteiger charge is -2.38. The van der Waals surface area contributed by atoms with Crippen LogP contribution in [0.1, 0.15) is 36.0 Å². The minimum absolute atomic E-state index is 0.0408. The number of nitrogens with zero attached hydrogens (tertiary/aromatic N) is 3. The van der Waals surface area contributed by atoms with E-state index in [1.54, 1.807) is 0 Å². The zero-order chi connectivity index (χ0) is 20.7. The topological polar surface area (TPSA) is 36.4 Å². The highest BCUT2D eigenvalue weighted by molar-refractivity contribution is 5.97. The number of fused-ring (bicyclic) bond motifs is 2. The first kappa shape index (κ1) is 19.1. The van der Waals surface area contributed by atoms with E-state index in [4.69, 9.17) is 0 Å². The Bertz CT molecular complexity index is 1110. The Kier molecular flexibility index (Phi) is 4.93. The SMILES string of the molecule is Cc1ccc2c(c1)CCCN2C(=O)C1CCCN(c2ccnc3ccc(C)cc23)C1. The van der Waals surface area contributed by atoms with Crippen LogP contribution in [0, 0.1) is 19.8 Å². The number of aromatic nitrogens is 1. The van der Waals surface area contributed by atoms with E-state index in [1.165, 1.54) is 27.8 Å². The molecule has 4 heteroatoms. The van der Waals surface area contributed by atoms with Crippen LogP contribution >= 0.6 is 0 Å². The van der Waals surface area contributed by atoms with E-state index in [0.29, 0.717) is 5.91 Å². The van der Waals surface area contributed by atoms with Crippen molar-refractivity contribution in [2.75, 3.05) is 29.4 Å². The molecule has 0 spiro atoms. The summed E-state index contributed by atoms with van der Waals surface area (Å²) in [5.74, 6) is 0.332. The van der Waals surface area contributed by atoms with Crippen LogP contribution in [0.3, 0.4) is 0 Å². The zero-order valence-electron chi connectivity index (χ0n) is 17.9. The van der Waals surface area contributed by atoms with Crippen molar-refractivity contribution in [3.05, 3.63) is 65.4 Å². The summed E-state index contributed by atoms with van der Waals surface area (Å²) in [5, 5.41) is 1.18. The average Bonchev–Trinajstić information content (AvgIpc) is 2.77. The molecular weight excluding hydrogens is 370 g/mol. The molecule has 0 N–H and O–H groups in total. The van der Waals surface area contributed by atoms with Gasteiger partial charge in [0, 0.05) is 42.6 Å². The molecule has 154 valence electrons. The van der Waals surface area contributed by atoms with Gasteiger partial charge >= 0.3 is 0 Å². The molecule has 0 bridgehead atoms. The monoisotopic (exact) mass is 399 g/mol. The van der Waals surface area contributed by atoms with Crippen molar-refractivity contribution in [3.8, 4) is 0 Å². The van der Waals surface area contributed by atoms with Gasteiger partial charge in [-0.3, -0.25) is 9.78 Å². The molecule has 30 heavy (non-hydrogen) atoms. The summed E-state index contributed by atoms with van der Waals surface area (Å²) in [7, 11) is 0. The van der Waals surface area contributed by atoms with E-state index in [-0.39, 0.29) is 5.92 Å². The first-order chi connectivity index (χ1) is 14.6. The van der Waals surface area contributed by atoms with Gasteiger partial charge in [0.25, 0.3) is 0 Å². The van der Waals surface area contributed by atoms with Crippen molar-refractivity contribution in [2.45, 2.75) is 39.5 Å². The molecule has 1 fully saturated rings. The predicted molar refractivity (Wildman–Crippen MR) is 123 cm³/mol. The van der Waals surface area contributed by atoms with Gasteiger partial charge in [0.05, 0.1) is 11.4 Å². The first-order valence-corrected chi connectivity index (χ1v) is 11.1. The van der Waals surface area contributed by atoms with E-state index in [9.17, 15) is 4.79 Å². The molecule has 5 rings (SSSR count). The number of rotatable bonds is 2. The summed E-state index contributed by atoms with van der Waals surface area (Å²) in [5.41, 5.74) is 7.17. The Balaban J connectivity index is 1.42. The quantitative estimate of drug-likeness (QED) is 0.605. The summed E-state index contributed by atoms with van der Waals surface area (Å²) < 4.78 is 0.